The number of aromatic nitrogens is 3. The molecule has 1 fully saturated rings. The summed E-state index contributed by atoms with van der Waals surface area (Å²) in [6, 6.07) is 7.32. The van der Waals surface area contributed by atoms with Gasteiger partial charge < -0.3 is 4.90 Å². The van der Waals surface area contributed by atoms with Crippen LogP contribution in [-0.4, -0.2) is 56.5 Å². The molecule has 0 atom stereocenters. The lowest BCUT2D eigenvalue weighted by Crippen LogP contribution is -2.48. The maximum absolute atomic E-state index is 12.8. The zero-order valence-corrected chi connectivity index (χ0v) is 15.5. The topological polar surface area (TPSA) is 53.7 Å². The van der Waals surface area contributed by atoms with Crippen LogP contribution < -0.4 is 0 Å². The summed E-state index contributed by atoms with van der Waals surface area (Å²) in [7, 11) is 0. The predicted octanol–water partition coefficient (Wildman–Crippen LogP) is 2.99. The Labute approximate surface area is 160 Å². The second kappa shape index (κ2) is 7.23. The van der Waals surface area contributed by atoms with E-state index in [2.05, 4.69) is 15.0 Å². The van der Waals surface area contributed by atoms with Gasteiger partial charge in [0.2, 0.25) is 0 Å². The molecule has 3 aromatic rings. The maximum atomic E-state index is 12.8. The molecule has 3 heterocycles. The van der Waals surface area contributed by atoms with Crippen LogP contribution in [0.15, 0.2) is 42.9 Å². The molecule has 1 aliphatic heterocycles. The summed E-state index contributed by atoms with van der Waals surface area (Å²) in [5, 5.41) is 5.54. The van der Waals surface area contributed by atoms with Gasteiger partial charge in [-0.25, -0.2) is 9.50 Å². The fourth-order valence-electron chi connectivity index (χ4n) is 3.16. The average Bonchev–Trinajstić information content (AvgIpc) is 3.09. The Morgan fingerprint density at radius 3 is 2.54 bits per heavy atom. The van der Waals surface area contributed by atoms with Crippen LogP contribution in [-0.2, 0) is 6.54 Å². The molecule has 1 amide bonds. The number of fused-ring (bicyclic) bond motifs is 1. The fourth-order valence-corrected chi connectivity index (χ4v) is 3.68. The van der Waals surface area contributed by atoms with Crippen molar-refractivity contribution < 1.29 is 4.79 Å². The highest BCUT2D eigenvalue weighted by atomic mass is 35.5. The highest BCUT2D eigenvalue weighted by Crippen LogP contribution is 2.26. The van der Waals surface area contributed by atoms with Crippen LogP contribution in [0.2, 0.25) is 10.0 Å². The van der Waals surface area contributed by atoms with Crippen LogP contribution in [0, 0.1) is 0 Å². The standard InChI is InChI=1S/C18H17Cl2N5O/c19-15-3-1-4-16(20)14(15)12-23-7-9-24(10-8-23)18(26)13-11-22-25-6-2-5-21-17(13)25/h1-6,11H,7-10,12H2. The SMILES string of the molecule is O=C(c1cnn2cccnc12)N1CCN(Cc2c(Cl)cccc2Cl)CC1. The highest BCUT2D eigenvalue weighted by Gasteiger charge is 2.25. The summed E-state index contributed by atoms with van der Waals surface area (Å²) in [4.78, 5) is 21.2. The number of hydrogen-bond acceptors (Lipinski definition) is 4. The maximum Gasteiger partial charge on any atom is 0.259 e. The largest absolute Gasteiger partial charge is 0.336 e. The molecule has 0 aliphatic carbocycles. The molecule has 0 saturated carbocycles. The molecule has 2 aromatic heterocycles. The first-order valence-corrected chi connectivity index (χ1v) is 9.12. The molecule has 1 aliphatic rings. The van der Waals surface area contributed by atoms with E-state index in [1.54, 1.807) is 29.2 Å². The molecule has 8 heteroatoms. The zero-order valence-electron chi connectivity index (χ0n) is 14.0. The first-order chi connectivity index (χ1) is 12.6. The number of carbonyl (C=O) groups excluding carboxylic acids is 1. The monoisotopic (exact) mass is 389 g/mol. The first kappa shape index (κ1) is 17.3. The summed E-state index contributed by atoms with van der Waals surface area (Å²) in [5.41, 5.74) is 2.05. The molecule has 4 rings (SSSR count). The van der Waals surface area contributed by atoms with Crippen molar-refractivity contribution in [3.8, 4) is 0 Å². The minimum absolute atomic E-state index is 0.0332. The van der Waals surface area contributed by atoms with E-state index in [0.29, 0.717) is 40.9 Å². The molecule has 0 bridgehead atoms. The Kier molecular flexibility index (Phi) is 4.80. The number of rotatable bonds is 3. The van der Waals surface area contributed by atoms with Crippen molar-refractivity contribution in [1.82, 2.24) is 24.4 Å². The van der Waals surface area contributed by atoms with Gasteiger partial charge in [-0.2, -0.15) is 5.10 Å². The summed E-state index contributed by atoms with van der Waals surface area (Å²) in [5.74, 6) is -0.0332. The van der Waals surface area contributed by atoms with Gasteiger partial charge in [-0.05, 0) is 18.2 Å². The fraction of sp³-hybridized carbons (Fsp3) is 0.278. The van der Waals surface area contributed by atoms with Crippen LogP contribution in [0.25, 0.3) is 5.65 Å². The van der Waals surface area contributed by atoms with Crippen LogP contribution >= 0.6 is 23.2 Å². The first-order valence-electron chi connectivity index (χ1n) is 8.36. The van der Waals surface area contributed by atoms with E-state index in [9.17, 15) is 4.79 Å². The van der Waals surface area contributed by atoms with E-state index in [4.69, 9.17) is 23.2 Å². The Bertz CT molecular complexity index is 929. The van der Waals surface area contributed by atoms with E-state index in [1.165, 1.54) is 0 Å². The number of amides is 1. The van der Waals surface area contributed by atoms with Crippen molar-refractivity contribution in [1.29, 1.82) is 0 Å². The van der Waals surface area contributed by atoms with Gasteiger partial charge in [0.05, 0.1) is 6.20 Å². The van der Waals surface area contributed by atoms with E-state index < -0.39 is 0 Å². The number of nitrogens with zero attached hydrogens (tertiary/aromatic N) is 5. The Morgan fingerprint density at radius 1 is 1.08 bits per heavy atom. The molecule has 0 N–H and O–H groups in total. The molecule has 1 aromatic carbocycles. The van der Waals surface area contributed by atoms with Gasteiger partial charge in [-0.1, -0.05) is 29.3 Å². The quantitative estimate of drug-likeness (QED) is 0.690. The second-order valence-electron chi connectivity index (χ2n) is 6.21. The number of piperazine rings is 1. The molecule has 6 nitrogen and oxygen atoms in total. The lowest BCUT2D eigenvalue weighted by atomic mass is 10.2. The van der Waals surface area contributed by atoms with E-state index in [1.807, 2.05) is 23.1 Å². The average molecular weight is 390 g/mol. The summed E-state index contributed by atoms with van der Waals surface area (Å²) >= 11 is 12.5. The number of benzene rings is 1. The lowest BCUT2D eigenvalue weighted by molar-refractivity contribution is 0.0630. The number of carbonyl (C=O) groups is 1. The van der Waals surface area contributed by atoms with E-state index in [0.717, 1.165) is 18.7 Å². The van der Waals surface area contributed by atoms with Crippen LogP contribution in [0.4, 0.5) is 0 Å². The smallest absolute Gasteiger partial charge is 0.259 e. The number of hydrogen-bond donors (Lipinski definition) is 0. The minimum atomic E-state index is -0.0332. The van der Waals surface area contributed by atoms with Gasteiger partial charge in [-0.15, -0.1) is 0 Å². The van der Waals surface area contributed by atoms with Crippen LogP contribution in [0.1, 0.15) is 15.9 Å². The van der Waals surface area contributed by atoms with Crippen molar-refractivity contribution in [2.45, 2.75) is 6.54 Å². The van der Waals surface area contributed by atoms with Gasteiger partial charge in [-0.3, -0.25) is 9.69 Å². The third-order valence-electron chi connectivity index (χ3n) is 4.61. The van der Waals surface area contributed by atoms with E-state index >= 15 is 0 Å². The molecule has 1 saturated heterocycles. The molecular formula is C18H17Cl2N5O. The lowest BCUT2D eigenvalue weighted by Gasteiger charge is -2.34. The Hall–Kier alpha value is -2.15. The Balaban J connectivity index is 1.43. The van der Waals surface area contributed by atoms with Gasteiger partial charge in [0.15, 0.2) is 5.65 Å². The molecule has 134 valence electrons. The number of halogens is 2. The molecule has 0 radical (unpaired) electrons. The van der Waals surface area contributed by atoms with Gasteiger partial charge in [0.25, 0.3) is 5.91 Å². The molecule has 26 heavy (non-hydrogen) atoms. The van der Waals surface area contributed by atoms with Crippen molar-refractivity contribution in [3.05, 3.63) is 64.0 Å². The molecular weight excluding hydrogens is 373 g/mol. The van der Waals surface area contributed by atoms with Gasteiger partial charge in [0, 0.05) is 60.7 Å². The second-order valence-corrected chi connectivity index (χ2v) is 7.03. The summed E-state index contributed by atoms with van der Waals surface area (Å²) in [6.45, 7) is 3.49. The molecule has 0 unspecified atom stereocenters. The highest BCUT2D eigenvalue weighted by molar-refractivity contribution is 6.35. The van der Waals surface area contributed by atoms with Crippen molar-refractivity contribution in [3.63, 3.8) is 0 Å². The van der Waals surface area contributed by atoms with Gasteiger partial charge >= 0.3 is 0 Å². The van der Waals surface area contributed by atoms with Gasteiger partial charge in [0.1, 0.15) is 5.56 Å². The third-order valence-corrected chi connectivity index (χ3v) is 5.32. The predicted molar refractivity (Wildman–Crippen MR) is 101 cm³/mol. The molecule has 0 spiro atoms. The third kappa shape index (κ3) is 3.28. The summed E-state index contributed by atoms with van der Waals surface area (Å²) in [6.07, 6.45) is 5.03. The Morgan fingerprint density at radius 2 is 1.81 bits per heavy atom. The minimum Gasteiger partial charge on any atom is -0.336 e. The zero-order chi connectivity index (χ0) is 18.1. The van der Waals surface area contributed by atoms with Crippen molar-refractivity contribution in [2.75, 3.05) is 26.2 Å². The van der Waals surface area contributed by atoms with Crippen LogP contribution in [0.5, 0.6) is 0 Å². The summed E-state index contributed by atoms with van der Waals surface area (Å²) < 4.78 is 1.61. The normalized spacial score (nSPS) is 15.5. The van der Waals surface area contributed by atoms with Crippen LogP contribution in [0.3, 0.4) is 0 Å². The van der Waals surface area contributed by atoms with Crippen molar-refractivity contribution >= 4 is 34.8 Å². The van der Waals surface area contributed by atoms with Crippen molar-refractivity contribution in [2.24, 2.45) is 0 Å². The van der Waals surface area contributed by atoms with E-state index in [-0.39, 0.29) is 5.91 Å².